The molecule has 1 aromatic rings. The molecule has 0 amide bonds. The Hall–Kier alpha value is -0.820. The van der Waals surface area contributed by atoms with Crippen LogP contribution in [-0.2, 0) is 0 Å². The van der Waals surface area contributed by atoms with Crippen LogP contribution in [0.2, 0.25) is 0 Å². The van der Waals surface area contributed by atoms with Crippen LogP contribution in [0.1, 0.15) is 37.7 Å². The van der Waals surface area contributed by atoms with E-state index < -0.39 is 0 Å². The summed E-state index contributed by atoms with van der Waals surface area (Å²) in [5, 5.41) is 3.59. The first-order valence-electron chi connectivity index (χ1n) is 5.70. The summed E-state index contributed by atoms with van der Waals surface area (Å²) < 4.78 is 0. The Balaban J connectivity index is 2.10. The van der Waals surface area contributed by atoms with Gasteiger partial charge >= 0.3 is 0 Å². The van der Waals surface area contributed by atoms with Crippen LogP contribution in [-0.4, -0.2) is 12.6 Å². The topological polar surface area (TPSA) is 12.0 Å². The van der Waals surface area contributed by atoms with Gasteiger partial charge in [0.2, 0.25) is 0 Å². The zero-order chi connectivity index (χ0) is 9.80. The maximum absolute atomic E-state index is 3.59. The average molecular weight is 189 g/mol. The van der Waals surface area contributed by atoms with E-state index >= 15 is 0 Å². The largest absolute Gasteiger partial charge is 0.314 e. The highest BCUT2D eigenvalue weighted by molar-refractivity contribution is 5.22. The normalized spacial score (nSPS) is 26.6. The fraction of sp³-hybridized carbons (Fsp3) is 0.538. The van der Waals surface area contributed by atoms with Crippen LogP contribution in [0.4, 0.5) is 0 Å². The monoisotopic (exact) mass is 189 g/mol. The molecule has 0 aliphatic heterocycles. The summed E-state index contributed by atoms with van der Waals surface area (Å²) in [4.78, 5) is 0. The predicted molar refractivity (Wildman–Crippen MR) is 60.5 cm³/mol. The van der Waals surface area contributed by atoms with Crippen molar-refractivity contribution in [2.45, 2.75) is 38.1 Å². The maximum Gasteiger partial charge on any atom is 0.0136 e. The third kappa shape index (κ3) is 1.98. The van der Waals surface area contributed by atoms with E-state index in [4.69, 9.17) is 0 Å². The summed E-state index contributed by atoms with van der Waals surface area (Å²) >= 11 is 0. The first-order valence-corrected chi connectivity index (χ1v) is 5.70. The number of likely N-dealkylation sites (N-methyl/N-ethyl adjacent to an activating group) is 1. The van der Waals surface area contributed by atoms with Gasteiger partial charge in [0.15, 0.2) is 0 Å². The molecule has 76 valence electrons. The summed E-state index contributed by atoms with van der Waals surface area (Å²) in [5.74, 6) is 0.746. The molecule has 14 heavy (non-hydrogen) atoms. The average Bonchev–Trinajstić information content (AvgIpc) is 2.68. The molecule has 1 fully saturated rings. The van der Waals surface area contributed by atoms with Crippen molar-refractivity contribution in [3.8, 4) is 0 Å². The summed E-state index contributed by atoms with van der Waals surface area (Å²) in [5.41, 5.74) is 1.51. The Morgan fingerprint density at radius 2 is 2.00 bits per heavy atom. The fourth-order valence-corrected chi connectivity index (χ4v) is 2.57. The lowest BCUT2D eigenvalue weighted by molar-refractivity contribution is 0.492. The second-order valence-electron chi connectivity index (χ2n) is 4.11. The molecule has 0 saturated heterocycles. The second kappa shape index (κ2) is 4.61. The van der Waals surface area contributed by atoms with Gasteiger partial charge in [-0.05, 0) is 30.9 Å². The zero-order valence-corrected chi connectivity index (χ0v) is 8.87. The number of benzene rings is 1. The lowest BCUT2D eigenvalue weighted by Gasteiger charge is -2.20. The van der Waals surface area contributed by atoms with Crippen LogP contribution in [0.5, 0.6) is 0 Å². The third-order valence-electron chi connectivity index (χ3n) is 3.21. The van der Waals surface area contributed by atoms with Crippen molar-refractivity contribution in [1.82, 2.24) is 5.32 Å². The van der Waals surface area contributed by atoms with E-state index in [-0.39, 0.29) is 0 Å². The van der Waals surface area contributed by atoms with Crippen molar-refractivity contribution in [2.24, 2.45) is 0 Å². The Kier molecular flexibility index (Phi) is 3.20. The van der Waals surface area contributed by atoms with Gasteiger partial charge in [-0.3, -0.25) is 0 Å². The molecule has 0 aromatic heterocycles. The van der Waals surface area contributed by atoms with E-state index in [1.54, 1.807) is 0 Å². The molecule has 1 aromatic carbocycles. The fourth-order valence-electron chi connectivity index (χ4n) is 2.57. The Labute approximate surface area is 86.5 Å². The predicted octanol–water partition coefficient (Wildman–Crippen LogP) is 2.93. The first-order chi connectivity index (χ1) is 6.92. The smallest absolute Gasteiger partial charge is 0.0136 e. The molecule has 0 heterocycles. The number of rotatable bonds is 3. The van der Waals surface area contributed by atoms with Crippen molar-refractivity contribution in [3.63, 3.8) is 0 Å². The molecule has 0 radical (unpaired) electrons. The van der Waals surface area contributed by atoms with Gasteiger partial charge in [0.25, 0.3) is 0 Å². The van der Waals surface area contributed by atoms with E-state index in [2.05, 4.69) is 42.6 Å². The number of hydrogen-bond donors (Lipinski definition) is 1. The standard InChI is InChI=1S/C13H19N/c1-2-14-13-10-6-9-12(13)11-7-4-3-5-8-11/h3-5,7-8,12-14H,2,6,9-10H2,1H3/t12-,13-/m1/s1. The van der Waals surface area contributed by atoms with Crippen LogP contribution in [0, 0.1) is 0 Å². The Morgan fingerprint density at radius 1 is 1.21 bits per heavy atom. The van der Waals surface area contributed by atoms with Crippen LogP contribution in [0.15, 0.2) is 30.3 Å². The minimum Gasteiger partial charge on any atom is -0.314 e. The van der Waals surface area contributed by atoms with Gasteiger partial charge in [-0.2, -0.15) is 0 Å². The van der Waals surface area contributed by atoms with Gasteiger partial charge in [0, 0.05) is 6.04 Å². The van der Waals surface area contributed by atoms with E-state index in [0.717, 1.165) is 12.5 Å². The lowest BCUT2D eigenvalue weighted by Crippen LogP contribution is -2.30. The van der Waals surface area contributed by atoms with Crippen LogP contribution < -0.4 is 5.32 Å². The Morgan fingerprint density at radius 3 is 2.71 bits per heavy atom. The molecule has 1 aliphatic carbocycles. The summed E-state index contributed by atoms with van der Waals surface area (Å²) in [6, 6.07) is 11.6. The highest BCUT2D eigenvalue weighted by Gasteiger charge is 2.27. The van der Waals surface area contributed by atoms with Crippen LogP contribution in [0.25, 0.3) is 0 Å². The van der Waals surface area contributed by atoms with Crippen molar-refractivity contribution in [2.75, 3.05) is 6.54 Å². The van der Waals surface area contributed by atoms with Crippen molar-refractivity contribution < 1.29 is 0 Å². The summed E-state index contributed by atoms with van der Waals surface area (Å²) in [7, 11) is 0. The molecule has 2 rings (SSSR count). The first kappa shape index (κ1) is 9.72. The van der Waals surface area contributed by atoms with E-state index in [1.807, 2.05) is 0 Å². The van der Waals surface area contributed by atoms with Crippen molar-refractivity contribution in [1.29, 1.82) is 0 Å². The second-order valence-corrected chi connectivity index (χ2v) is 4.11. The van der Waals surface area contributed by atoms with Gasteiger partial charge in [0.1, 0.15) is 0 Å². The minimum absolute atomic E-state index is 0.711. The molecule has 1 aliphatic rings. The lowest BCUT2D eigenvalue weighted by atomic mass is 9.94. The number of hydrogen-bond acceptors (Lipinski definition) is 1. The molecular formula is C13H19N. The van der Waals surface area contributed by atoms with E-state index in [0.29, 0.717) is 6.04 Å². The summed E-state index contributed by atoms with van der Waals surface area (Å²) in [6.07, 6.45) is 4.06. The molecule has 2 atom stereocenters. The van der Waals surface area contributed by atoms with Gasteiger partial charge < -0.3 is 5.32 Å². The maximum atomic E-state index is 3.59. The zero-order valence-electron chi connectivity index (χ0n) is 8.87. The molecule has 0 unspecified atom stereocenters. The SMILES string of the molecule is CCN[C@@H]1CCC[C@@H]1c1ccccc1. The van der Waals surface area contributed by atoms with Gasteiger partial charge in [0.05, 0.1) is 0 Å². The molecular weight excluding hydrogens is 170 g/mol. The van der Waals surface area contributed by atoms with Crippen LogP contribution >= 0.6 is 0 Å². The number of nitrogens with one attached hydrogen (secondary N) is 1. The van der Waals surface area contributed by atoms with Crippen molar-refractivity contribution in [3.05, 3.63) is 35.9 Å². The summed E-state index contributed by atoms with van der Waals surface area (Å²) in [6.45, 7) is 3.29. The molecule has 0 spiro atoms. The highest BCUT2D eigenvalue weighted by atomic mass is 14.9. The van der Waals surface area contributed by atoms with Gasteiger partial charge in [-0.25, -0.2) is 0 Å². The van der Waals surface area contributed by atoms with Crippen molar-refractivity contribution >= 4 is 0 Å². The van der Waals surface area contributed by atoms with Crippen LogP contribution in [0.3, 0.4) is 0 Å². The quantitative estimate of drug-likeness (QED) is 0.771. The molecule has 0 bridgehead atoms. The molecule has 1 heteroatoms. The van der Waals surface area contributed by atoms with E-state index in [1.165, 1.54) is 24.8 Å². The van der Waals surface area contributed by atoms with Gasteiger partial charge in [-0.1, -0.05) is 43.7 Å². The van der Waals surface area contributed by atoms with E-state index in [9.17, 15) is 0 Å². The third-order valence-corrected chi connectivity index (χ3v) is 3.21. The highest BCUT2D eigenvalue weighted by Crippen LogP contribution is 2.34. The molecule has 1 nitrogen and oxygen atoms in total. The minimum atomic E-state index is 0.711. The Bertz CT molecular complexity index is 268. The molecule has 1 saturated carbocycles. The van der Waals surface area contributed by atoms with Gasteiger partial charge in [-0.15, -0.1) is 0 Å². The molecule has 1 N–H and O–H groups in total.